The van der Waals surface area contributed by atoms with E-state index in [1.807, 2.05) is 66.7 Å². The summed E-state index contributed by atoms with van der Waals surface area (Å²) in [7, 11) is 0. The molecule has 0 atom stereocenters. The minimum atomic E-state index is 0.146. The van der Waals surface area contributed by atoms with Gasteiger partial charge in [-0.2, -0.15) is 5.10 Å². The fourth-order valence-electron chi connectivity index (χ4n) is 2.48. The van der Waals surface area contributed by atoms with E-state index in [9.17, 15) is 0 Å². The maximum Gasteiger partial charge on any atom is 0.127 e. The molecule has 0 spiro atoms. The first-order valence-electron chi connectivity index (χ1n) is 8.73. The summed E-state index contributed by atoms with van der Waals surface area (Å²) < 4.78 is 5.91. The monoisotopic (exact) mass is 344 g/mol. The van der Waals surface area contributed by atoms with Gasteiger partial charge in [-0.3, -0.25) is 5.43 Å². The van der Waals surface area contributed by atoms with Crippen LogP contribution in [0.5, 0.6) is 11.5 Å². The molecule has 0 fully saturated rings. The van der Waals surface area contributed by atoms with Crippen molar-refractivity contribution < 1.29 is 4.74 Å². The summed E-state index contributed by atoms with van der Waals surface area (Å²) in [5.41, 5.74) is 6.41. The second kappa shape index (κ2) is 7.87. The molecule has 3 aromatic rings. The van der Waals surface area contributed by atoms with E-state index in [0.29, 0.717) is 0 Å². The van der Waals surface area contributed by atoms with Gasteiger partial charge in [-0.25, -0.2) is 0 Å². The highest BCUT2D eigenvalue weighted by Gasteiger charge is 2.13. The van der Waals surface area contributed by atoms with E-state index in [1.54, 1.807) is 6.21 Å². The largest absolute Gasteiger partial charge is 0.457 e. The number of nitrogens with one attached hydrogen (secondary N) is 1. The molecular weight excluding hydrogens is 320 g/mol. The van der Waals surface area contributed by atoms with Gasteiger partial charge in [-0.15, -0.1) is 0 Å². The summed E-state index contributed by atoms with van der Waals surface area (Å²) in [6.07, 6.45) is 1.79. The van der Waals surface area contributed by atoms with E-state index >= 15 is 0 Å². The van der Waals surface area contributed by atoms with Crippen molar-refractivity contribution in [3.05, 3.63) is 90.0 Å². The van der Waals surface area contributed by atoms with Crippen LogP contribution in [-0.4, -0.2) is 6.21 Å². The van der Waals surface area contributed by atoms with Gasteiger partial charge in [0.15, 0.2) is 0 Å². The molecule has 3 aromatic carbocycles. The molecule has 0 saturated carbocycles. The van der Waals surface area contributed by atoms with Gasteiger partial charge >= 0.3 is 0 Å². The summed E-state index contributed by atoms with van der Waals surface area (Å²) in [6.45, 7) is 6.61. The van der Waals surface area contributed by atoms with Gasteiger partial charge in [0.1, 0.15) is 11.5 Å². The molecule has 3 rings (SSSR count). The van der Waals surface area contributed by atoms with E-state index in [1.165, 1.54) is 5.56 Å². The third kappa shape index (κ3) is 4.96. The minimum absolute atomic E-state index is 0.146. The lowest BCUT2D eigenvalue weighted by atomic mass is 9.87. The van der Waals surface area contributed by atoms with Gasteiger partial charge in [0.25, 0.3) is 0 Å². The normalized spacial score (nSPS) is 11.5. The van der Waals surface area contributed by atoms with Crippen molar-refractivity contribution in [2.75, 3.05) is 5.43 Å². The molecule has 0 aliphatic carbocycles. The van der Waals surface area contributed by atoms with E-state index in [-0.39, 0.29) is 5.41 Å². The van der Waals surface area contributed by atoms with Gasteiger partial charge in [0, 0.05) is 0 Å². The van der Waals surface area contributed by atoms with Gasteiger partial charge in [-0.1, -0.05) is 51.1 Å². The number of hydrazone groups is 1. The third-order valence-electron chi connectivity index (χ3n) is 4.02. The van der Waals surface area contributed by atoms with Crippen molar-refractivity contribution in [2.45, 2.75) is 26.2 Å². The zero-order valence-corrected chi connectivity index (χ0v) is 15.4. The first-order chi connectivity index (χ1) is 12.5. The zero-order valence-electron chi connectivity index (χ0n) is 15.4. The molecule has 0 bridgehead atoms. The molecular formula is C23H24N2O. The lowest BCUT2D eigenvalue weighted by Crippen LogP contribution is -2.10. The summed E-state index contributed by atoms with van der Waals surface area (Å²) in [5, 5.41) is 4.24. The lowest BCUT2D eigenvalue weighted by Gasteiger charge is -2.19. The van der Waals surface area contributed by atoms with E-state index < -0.39 is 0 Å². The van der Waals surface area contributed by atoms with E-state index in [4.69, 9.17) is 4.74 Å². The smallest absolute Gasteiger partial charge is 0.127 e. The molecule has 0 amide bonds. The van der Waals surface area contributed by atoms with Gasteiger partial charge in [0.2, 0.25) is 0 Å². The van der Waals surface area contributed by atoms with Crippen molar-refractivity contribution in [1.29, 1.82) is 0 Å². The number of hydrogen-bond acceptors (Lipinski definition) is 3. The maximum absolute atomic E-state index is 5.91. The quantitative estimate of drug-likeness (QED) is 0.440. The Morgan fingerprint density at radius 3 is 1.92 bits per heavy atom. The number of rotatable bonds is 5. The van der Waals surface area contributed by atoms with Crippen molar-refractivity contribution in [1.82, 2.24) is 0 Å². The Hall–Kier alpha value is -3.07. The van der Waals surface area contributed by atoms with Crippen LogP contribution in [0.2, 0.25) is 0 Å². The van der Waals surface area contributed by atoms with Gasteiger partial charge in [-0.05, 0) is 65.1 Å². The first-order valence-corrected chi connectivity index (χ1v) is 8.73. The molecule has 26 heavy (non-hydrogen) atoms. The summed E-state index contributed by atoms with van der Waals surface area (Å²) in [6, 6.07) is 26.0. The molecule has 0 radical (unpaired) electrons. The Balaban J connectivity index is 1.59. The minimum Gasteiger partial charge on any atom is -0.457 e. The highest BCUT2D eigenvalue weighted by molar-refractivity contribution is 5.80. The second-order valence-electron chi connectivity index (χ2n) is 7.18. The molecule has 132 valence electrons. The topological polar surface area (TPSA) is 33.6 Å². The lowest BCUT2D eigenvalue weighted by molar-refractivity contribution is 0.481. The molecule has 0 aliphatic heterocycles. The number of benzene rings is 3. The Morgan fingerprint density at radius 1 is 0.769 bits per heavy atom. The van der Waals surface area contributed by atoms with Crippen LogP contribution >= 0.6 is 0 Å². The Kier molecular flexibility index (Phi) is 5.37. The SMILES string of the molecule is CC(C)(C)c1ccc(Oc2ccc(C=NNc3ccccc3)cc2)cc1. The van der Waals surface area contributed by atoms with Crippen LogP contribution in [0, 0.1) is 0 Å². The number of anilines is 1. The first kappa shape index (κ1) is 17.7. The van der Waals surface area contributed by atoms with Crippen LogP contribution in [-0.2, 0) is 5.41 Å². The molecule has 0 saturated heterocycles. The Morgan fingerprint density at radius 2 is 1.35 bits per heavy atom. The summed E-state index contributed by atoms with van der Waals surface area (Å²) in [5.74, 6) is 1.65. The summed E-state index contributed by atoms with van der Waals surface area (Å²) in [4.78, 5) is 0. The van der Waals surface area contributed by atoms with Crippen molar-refractivity contribution in [3.63, 3.8) is 0 Å². The third-order valence-corrected chi connectivity index (χ3v) is 4.02. The highest BCUT2D eigenvalue weighted by atomic mass is 16.5. The predicted molar refractivity (Wildman–Crippen MR) is 109 cm³/mol. The van der Waals surface area contributed by atoms with Crippen LogP contribution in [0.15, 0.2) is 84.0 Å². The van der Waals surface area contributed by atoms with E-state index in [2.05, 4.69) is 43.4 Å². The zero-order chi connectivity index (χ0) is 18.4. The number of para-hydroxylation sites is 1. The van der Waals surface area contributed by atoms with Crippen LogP contribution in [0.25, 0.3) is 0 Å². The second-order valence-corrected chi connectivity index (χ2v) is 7.18. The van der Waals surface area contributed by atoms with Crippen LogP contribution in [0.3, 0.4) is 0 Å². The Labute approximate surface area is 155 Å². The summed E-state index contributed by atoms with van der Waals surface area (Å²) >= 11 is 0. The standard InChI is InChI=1S/C23H24N2O/c1-23(2,3)19-11-15-22(16-12-19)26-21-13-9-18(10-14-21)17-24-25-20-7-5-4-6-8-20/h4-17,25H,1-3H3. The number of ether oxygens (including phenoxy) is 1. The molecule has 0 heterocycles. The average Bonchev–Trinajstić information content (AvgIpc) is 2.64. The molecule has 3 heteroatoms. The fourth-order valence-corrected chi connectivity index (χ4v) is 2.48. The molecule has 3 nitrogen and oxygen atoms in total. The maximum atomic E-state index is 5.91. The number of nitrogens with zero attached hydrogens (tertiary/aromatic N) is 1. The van der Waals surface area contributed by atoms with Crippen molar-refractivity contribution >= 4 is 11.9 Å². The predicted octanol–water partition coefficient (Wildman–Crippen LogP) is 6.22. The van der Waals surface area contributed by atoms with Crippen LogP contribution < -0.4 is 10.2 Å². The van der Waals surface area contributed by atoms with Crippen molar-refractivity contribution in [2.24, 2.45) is 5.10 Å². The van der Waals surface area contributed by atoms with Gasteiger partial charge < -0.3 is 4.74 Å². The number of hydrogen-bond donors (Lipinski definition) is 1. The van der Waals surface area contributed by atoms with Crippen molar-refractivity contribution in [3.8, 4) is 11.5 Å². The molecule has 0 aromatic heterocycles. The van der Waals surface area contributed by atoms with Gasteiger partial charge in [0.05, 0.1) is 11.9 Å². The Bertz CT molecular complexity index is 845. The fraction of sp³-hybridized carbons (Fsp3) is 0.174. The molecule has 1 N–H and O–H groups in total. The molecule has 0 aliphatic rings. The van der Waals surface area contributed by atoms with Crippen LogP contribution in [0.1, 0.15) is 31.9 Å². The highest BCUT2D eigenvalue weighted by Crippen LogP contribution is 2.27. The molecule has 0 unspecified atom stereocenters. The van der Waals surface area contributed by atoms with Crippen LogP contribution in [0.4, 0.5) is 5.69 Å². The average molecular weight is 344 g/mol. The van der Waals surface area contributed by atoms with E-state index in [0.717, 1.165) is 22.7 Å².